The van der Waals surface area contributed by atoms with E-state index in [0.717, 1.165) is 38.8 Å². The van der Waals surface area contributed by atoms with E-state index in [0.29, 0.717) is 0 Å². The Bertz CT molecular complexity index is 863. The van der Waals surface area contributed by atoms with E-state index < -0.39 is 0 Å². The van der Waals surface area contributed by atoms with Gasteiger partial charge in [0.2, 0.25) is 0 Å². The number of carbonyl (C=O) groups excluding carboxylic acids is 1. The van der Waals surface area contributed by atoms with Crippen molar-refractivity contribution in [2.24, 2.45) is 0 Å². The Balaban J connectivity index is 2.16. The van der Waals surface area contributed by atoms with Gasteiger partial charge in [0, 0.05) is 41.0 Å². The number of hydrogen-bond acceptors (Lipinski definition) is 3. The molecular formula is C17H12N2O. The third-order valence-corrected chi connectivity index (χ3v) is 3.84. The number of nitrogens with one attached hydrogen (secondary N) is 1. The van der Waals surface area contributed by atoms with Crippen molar-refractivity contribution in [1.29, 1.82) is 0 Å². The molecule has 0 aliphatic heterocycles. The van der Waals surface area contributed by atoms with Crippen LogP contribution in [-0.2, 0) is 0 Å². The van der Waals surface area contributed by atoms with E-state index in [2.05, 4.69) is 10.3 Å². The summed E-state index contributed by atoms with van der Waals surface area (Å²) in [6.45, 7) is 0. The first-order chi connectivity index (χ1) is 9.79. The molecule has 0 fully saturated rings. The minimum atomic E-state index is 0.0724. The highest BCUT2D eigenvalue weighted by Gasteiger charge is 2.25. The number of ketones is 1. The van der Waals surface area contributed by atoms with Gasteiger partial charge in [-0.2, -0.15) is 0 Å². The topological polar surface area (TPSA) is 42.0 Å². The molecule has 3 nitrogen and oxygen atoms in total. The number of anilines is 1. The number of hydrogen-bond donors (Lipinski definition) is 1. The van der Waals surface area contributed by atoms with Crippen molar-refractivity contribution in [2.45, 2.75) is 0 Å². The molecule has 3 heteroatoms. The van der Waals surface area contributed by atoms with E-state index in [1.807, 2.05) is 49.5 Å². The summed E-state index contributed by atoms with van der Waals surface area (Å²) >= 11 is 0. The molecule has 0 bridgehead atoms. The Morgan fingerprint density at radius 2 is 1.90 bits per heavy atom. The maximum absolute atomic E-state index is 12.7. The van der Waals surface area contributed by atoms with Crippen molar-refractivity contribution in [3.63, 3.8) is 0 Å². The average molecular weight is 260 g/mol. The zero-order valence-electron chi connectivity index (χ0n) is 11.0. The van der Waals surface area contributed by atoms with Gasteiger partial charge in [0.15, 0.2) is 5.78 Å². The molecule has 96 valence electrons. The molecule has 1 aliphatic carbocycles. The third-order valence-electron chi connectivity index (χ3n) is 3.84. The number of pyridine rings is 1. The predicted molar refractivity (Wildman–Crippen MR) is 80.2 cm³/mol. The first-order valence-electron chi connectivity index (χ1n) is 6.54. The first kappa shape index (κ1) is 11.2. The lowest BCUT2D eigenvalue weighted by molar-refractivity contribution is 0.104. The largest absolute Gasteiger partial charge is 0.388 e. The monoisotopic (exact) mass is 260 g/mol. The van der Waals surface area contributed by atoms with Crippen LogP contribution in [0.1, 0.15) is 15.9 Å². The second kappa shape index (κ2) is 3.90. The second-order valence-corrected chi connectivity index (χ2v) is 4.90. The molecule has 0 atom stereocenters. The molecule has 1 aromatic heterocycles. The molecule has 1 N–H and O–H groups in total. The summed E-state index contributed by atoms with van der Waals surface area (Å²) in [5.41, 5.74) is 4.21. The lowest BCUT2D eigenvalue weighted by atomic mass is 9.85. The van der Waals surface area contributed by atoms with Crippen LogP contribution in [0.2, 0.25) is 0 Å². The van der Waals surface area contributed by atoms with Gasteiger partial charge < -0.3 is 5.32 Å². The van der Waals surface area contributed by atoms with Gasteiger partial charge in [-0.05, 0) is 29.7 Å². The number of benzene rings is 2. The molecule has 1 aliphatic rings. The Morgan fingerprint density at radius 1 is 1.00 bits per heavy atom. The lowest BCUT2D eigenvalue weighted by Crippen LogP contribution is -2.11. The van der Waals surface area contributed by atoms with Crippen molar-refractivity contribution in [1.82, 2.24) is 4.98 Å². The fraction of sp³-hybridized carbons (Fsp3) is 0.0588. The quantitative estimate of drug-likeness (QED) is 0.569. The summed E-state index contributed by atoms with van der Waals surface area (Å²) in [5, 5.41) is 5.10. The van der Waals surface area contributed by atoms with Crippen molar-refractivity contribution in [2.75, 3.05) is 12.4 Å². The van der Waals surface area contributed by atoms with Crippen LogP contribution in [-0.4, -0.2) is 17.8 Å². The van der Waals surface area contributed by atoms with Crippen molar-refractivity contribution in [3.05, 3.63) is 59.8 Å². The molecule has 0 saturated carbocycles. The molecule has 3 aromatic rings. The standard InChI is InChI=1S/C17H12N2O/c1-18-11-5-6-12-14(9-11)17(20)13-4-2-3-10-7-8-19-16(12)15(10)13/h2-9,18H,1H3. The number of aromatic nitrogens is 1. The number of rotatable bonds is 1. The molecule has 20 heavy (non-hydrogen) atoms. The van der Waals surface area contributed by atoms with E-state index in [1.165, 1.54) is 0 Å². The van der Waals surface area contributed by atoms with Gasteiger partial charge in [-0.3, -0.25) is 9.78 Å². The SMILES string of the molecule is CNc1ccc2c(c1)C(=O)c1cccc3ccnc-2c13. The molecule has 0 saturated heterocycles. The number of fused-ring (bicyclic) bond motifs is 2. The van der Waals surface area contributed by atoms with Crippen LogP contribution in [0.5, 0.6) is 0 Å². The highest BCUT2D eigenvalue weighted by molar-refractivity contribution is 6.25. The zero-order valence-corrected chi connectivity index (χ0v) is 11.0. The van der Waals surface area contributed by atoms with Crippen LogP contribution in [0.15, 0.2) is 48.7 Å². The Kier molecular flexibility index (Phi) is 2.18. The van der Waals surface area contributed by atoms with Crippen LogP contribution in [0.4, 0.5) is 5.69 Å². The Morgan fingerprint density at radius 3 is 2.75 bits per heavy atom. The van der Waals surface area contributed by atoms with Crippen LogP contribution < -0.4 is 5.32 Å². The van der Waals surface area contributed by atoms with Gasteiger partial charge in [0.25, 0.3) is 0 Å². The van der Waals surface area contributed by atoms with Gasteiger partial charge in [-0.15, -0.1) is 0 Å². The van der Waals surface area contributed by atoms with Gasteiger partial charge >= 0.3 is 0 Å². The average Bonchev–Trinajstić information content (AvgIpc) is 2.51. The maximum atomic E-state index is 12.7. The highest BCUT2D eigenvalue weighted by Crippen LogP contribution is 2.38. The Labute approximate surface area is 116 Å². The zero-order chi connectivity index (χ0) is 13.7. The summed E-state index contributed by atoms with van der Waals surface area (Å²) < 4.78 is 0. The van der Waals surface area contributed by atoms with Crippen LogP contribution in [0.25, 0.3) is 22.0 Å². The fourth-order valence-electron chi connectivity index (χ4n) is 2.86. The smallest absolute Gasteiger partial charge is 0.194 e. The highest BCUT2D eigenvalue weighted by atomic mass is 16.1. The van der Waals surface area contributed by atoms with Gasteiger partial charge in [0.1, 0.15) is 0 Å². The van der Waals surface area contributed by atoms with E-state index >= 15 is 0 Å². The predicted octanol–water partition coefficient (Wildman–Crippen LogP) is 3.49. The molecule has 2 aromatic carbocycles. The molecule has 0 unspecified atom stereocenters. The molecule has 0 amide bonds. The van der Waals surface area contributed by atoms with E-state index in [-0.39, 0.29) is 5.78 Å². The summed E-state index contributed by atoms with van der Waals surface area (Å²) in [5.74, 6) is 0.0724. The van der Waals surface area contributed by atoms with Crippen molar-refractivity contribution in [3.8, 4) is 11.3 Å². The molecule has 4 rings (SSSR count). The van der Waals surface area contributed by atoms with E-state index in [1.54, 1.807) is 6.20 Å². The van der Waals surface area contributed by atoms with E-state index in [4.69, 9.17) is 0 Å². The first-order valence-corrected chi connectivity index (χ1v) is 6.54. The normalized spacial score (nSPS) is 12.3. The summed E-state index contributed by atoms with van der Waals surface area (Å²) in [6.07, 6.45) is 1.80. The van der Waals surface area contributed by atoms with Crippen molar-refractivity contribution >= 4 is 22.2 Å². The molecule has 1 heterocycles. The number of carbonyl (C=O) groups is 1. The van der Waals surface area contributed by atoms with Crippen LogP contribution >= 0.6 is 0 Å². The van der Waals surface area contributed by atoms with Crippen LogP contribution in [0.3, 0.4) is 0 Å². The second-order valence-electron chi connectivity index (χ2n) is 4.90. The van der Waals surface area contributed by atoms with E-state index in [9.17, 15) is 4.79 Å². The Hall–Kier alpha value is -2.68. The minimum absolute atomic E-state index is 0.0724. The summed E-state index contributed by atoms with van der Waals surface area (Å²) in [4.78, 5) is 17.2. The van der Waals surface area contributed by atoms with Crippen molar-refractivity contribution < 1.29 is 4.79 Å². The van der Waals surface area contributed by atoms with Gasteiger partial charge in [0.05, 0.1) is 5.69 Å². The minimum Gasteiger partial charge on any atom is -0.388 e. The number of nitrogens with zero attached hydrogens (tertiary/aromatic N) is 1. The fourth-order valence-corrected chi connectivity index (χ4v) is 2.86. The molecule has 0 radical (unpaired) electrons. The maximum Gasteiger partial charge on any atom is 0.194 e. The third kappa shape index (κ3) is 1.35. The lowest BCUT2D eigenvalue weighted by Gasteiger charge is -2.19. The summed E-state index contributed by atoms with van der Waals surface area (Å²) in [7, 11) is 1.85. The molecule has 0 spiro atoms. The van der Waals surface area contributed by atoms with Gasteiger partial charge in [-0.25, -0.2) is 0 Å². The van der Waals surface area contributed by atoms with Crippen LogP contribution in [0, 0.1) is 0 Å². The summed E-state index contributed by atoms with van der Waals surface area (Å²) in [6, 6.07) is 13.6. The van der Waals surface area contributed by atoms with Gasteiger partial charge in [-0.1, -0.05) is 18.2 Å². The molecular weight excluding hydrogens is 248 g/mol.